The first-order valence-corrected chi connectivity index (χ1v) is 10.8. The van der Waals surface area contributed by atoms with Gasteiger partial charge in [-0.3, -0.25) is 4.79 Å². The average Bonchev–Trinajstić information content (AvgIpc) is 3.01. The van der Waals surface area contributed by atoms with E-state index in [1.807, 2.05) is 60.7 Å². The average molecular weight is 427 g/mol. The summed E-state index contributed by atoms with van der Waals surface area (Å²) in [6, 6.07) is 23.9. The molecule has 1 aliphatic carbocycles. The Morgan fingerprint density at radius 2 is 1.50 bits per heavy atom. The highest BCUT2D eigenvalue weighted by atomic mass is 16.5. The van der Waals surface area contributed by atoms with Gasteiger partial charge in [0.2, 0.25) is 0 Å². The molecule has 0 saturated carbocycles. The number of Topliss-reactive ketones (excluding diaryl/α,β-unsaturated/α-hetero) is 1. The Hall–Kier alpha value is -3.73. The van der Waals surface area contributed by atoms with Crippen LogP contribution in [0.1, 0.15) is 35.9 Å². The molecule has 0 unspecified atom stereocenters. The Kier molecular flexibility index (Phi) is 5.31. The monoisotopic (exact) mass is 426 g/mol. The third-order valence-corrected chi connectivity index (χ3v) is 6.32. The third kappa shape index (κ3) is 3.60. The number of benzene rings is 3. The van der Waals surface area contributed by atoms with Crippen molar-refractivity contribution in [2.45, 2.75) is 24.8 Å². The van der Waals surface area contributed by atoms with Crippen LogP contribution < -0.4 is 20.1 Å². The highest BCUT2D eigenvalue weighted by Gasteiger charge is 2.36. The number of para-hydroxylation sites is 2. The molecular weight excluding hydrogens is 400 g/mol. The van der Waals surface area contributed by atoms with Gasteiger partial charge in [-0.1, -0.05) is 48.5 Å². The highest BCUT2D eigenvalue weighted by Crippen LogP contribution is 2.45. The van der Waals surface area contributed by atoms with Crippen molar-refractivity contribution in [1.29, 1.82) is 0 Å². The molecule has 0 spiro atoms. The smallest absolute Gasteiger partial charge is 0.163 e. The summed E-state index contributed by atoms with van der Waals surface area (Å²) in [4.78, 5) is 13.6. The molecule has 2 aliphatic rings. The fraction of sp³-hybridized carbons (Fsp3) is 0.222. The summed E-state index contributed by atoms with van der Waals surface area (Å²) in [6.45, 7) is 0. The van der Waals surface area contributed by atoms with Crippen LogP contribution in [0.5, 0.6) is 11.5 Å². The molecule has 0 amide bonds. The molecule has 32 heavy (non-hydrogen) atoms. The number of ether oxygens (including phenoxy) is 2. The van der Waals surface area contributed by atoms with Gasteiger partial charge in [0.1, 0.15) is 0 Å². The molecule has 5 heteroatoms. The van der Waals surface area contributed by atoms with E-state index < -0.39 is 0 Å². The van der Waals surface area contributed by atoms with Gasteiger partial charge in [0.25, 0.3) is 0 Å². The highest BCUT2D eigenvalue weighted by molar-refractivity contribution is 6.01. The summed E-state index contributed by atoms with van der Waals surface area (Å²) in [6.07, 6.45) is 1.28. The number of hydrogen-bond donors (Lipinski definition) is 2. The van der Waals surface area contributed by atoms with Gasteiger partial charge in [0.15, 0.2) is 17.3 Å². The first kappa shape index (κ1) is 20.2. The van der Waals surface area contributed by atoms with E-state index in [4.69, 9.17) is 9.47 Å². The van der Waals surface area contributed by atoms with E-state index in [1.54, 1.807) is 14.2 Å². The molecule has 0 saturated heterocycles. The number of anilines is 2. The number of allylic oxidation sites excluding steroid dienone is 1. The molecule has 2 N–H and O–H groups in total. The zero-order valence-corrected chi connectivity index (χ0v) is 18.2. The van der Waals surface area contributed by atoms with Crippen molar-refractivity contribution in [3.05, 3.63) is 95.2 Å². The van der Waals surface area contributed by atoms with Gasteiger partial charge in [-0.15, -0.1) is 0 Å². The number of ketones is 1. The summed E-state index contributed by atoms with van der Waals surface area (Å²) < 4.78 is 11.0. The van der Waals surface area contributed by atoms with Crippen LogP contribution in [0.3, 0.4) is 0 Å². The first-order valence-electron chi connectivity index (χ1n) is 10.8. The lowest BCUT2D eigenvalue weighted by atomic mass is 9.78. The number of hydrogen-bond acceptors (Lipinski definition) is 5. The lowest BCUT2D eigenvalue weighted by Gasteiger charge is -2.30. The topological polar surface area (TPSA) is 59.6 Å². The van der Waals surface area contributed by atoms with Crippen molar-refractivity contribution in [2.75, 3.05) is 24.9 Å². The molecule has 5 nitrogen and oxygen atoms in total. The summed E-state index contributed by atoms with van der Waals surface area (Å²) >= 11 is 0. The van der Waals surface area contributed by atoms with E-state index in [2.05, 4.69) is 22.8 Å². The quantitative estimate of drug-likeness (QED) is 0.562. The van der Waals surface area contributed by atoms with Crippen LogP contribution >= 0.6 is 0 Å². The van der Waals surface area contributed by atoms with E-state index in [9.17, 15) is 4.79 Å². The van der Waals surface area contributed by atoms with Gasteiger partial charge in [0, 0.05) is 17.7 Å². The predicted octanol–water partition coefficient (Wildman–Crippen LogP) is 5.68. The second kappa shape index (κ2) is 8.42. The minimum absolute atomic E-state index is 0.159. The number of fused-ring (bicyclic) bond motifs is 1. The van der Waals surface area contributed by atoms with Crippen LogP contribution in [0.15, 0.2) is 84.1 Å². The summed E-state index contributed by atoms with van der Waals surface area (Å²) in [5.74, 6) is 1.63. The minimum atomic E-state index is -0.287. The Labute approximate surface area is 188 Å². The Bertz CT molecular complexity index is 1190. The molecule has 5 rings (SSSR count). The van der Waals surface area contributed by atoms with Gasteiger partial charge in [0.05, 0.1) is 31.6 Å². The van der Waals surface area contributed by atoms with Crippen molar-refractivity contribution in [1.82, 2.24) is 0 Å². The summed E-state index contributed by atoms with van der Waals surface area (Å²) in [5.41, 5.74) is 5.87. The Morgan fingerprint density at radius 1 is 0.781 bits per heavy atom. The van der Waals surface area contributed by atoms with Crippen molar-refractivity contribution in [2.24, 2.45) is 0 Å². The third-order valence-electron chi connectivity index (χ3n) is 6.32. The fourth-order valence-electron chi connectivity index (χ4n) is 4.74. The van der Waals surface area contributed by atoms with Crippen LogP contribution in [0, 0.1) is 0 Å². The minimum Gasteiger partial charge on any atom is -0.493 e. The normalized spacial score (nSPS) is 19.8. The lowest BCUT2D eigenvalue weighted by molar-refractivity contribution is -0.116. The van der Waals surface area contributed by atoms with Crippen molar-refractivity contribution < 1.29 is 14.3 Å². The largest absolute Gasteiger partial charge is 0.493 e. The molecule has 0 aromatic heterocycles. The number of carbonyl (C=O) groups excluding carboxylic acids is 1. The van der Waals surface area contributed by atoms with Crippen LogP contribution in [0.4, 0.5) is 11.4 Å². The number of carbonyl (C=O) groups is 1. The lowest BCUT2D eigenvalue weighted by Crippen LogP contribution is -2.26. The molecule has 2 atom stereocenters. The Balaban J connectivity index is 1.62. The molecule has 3 aromatic rings. The number of nitrogens with one attached hydrogen (secondary N) is 2. The van der Waals surface area contributed by atoms with E-state index in [1.165, 1.54) is 5.56 Å². The SMILES string of the molecule is COc1ccc([C@H]2Nc3ccccc3NC3=C2C(=O)C[C@H](c2ccccc2)C3)cc1OC. The zero-order valence-electron chi connectivity index (χ0n) is 18.2. The van der Waals surface area contributed by atoms with Crippen molar-refractivity contribution in [3.8, 4) is 11.5 Å². The van der Waals surface area contributed by atoms with Crippen molar-refractivity contribution >= 4 is 17.2 Å². The van der Waals surface area contributed by atoms with E-state index in [0.717, 1.165) is 34.6 Å². The van der Waals surface area contributed by atoms with Crippen molar-refractivity contribution in [3.63, 3.8) is 0 Å². The van der Waals surface area contributed by atoms with Crippen LogP contribution in [-0.4, -0.2) is 20.0 Å². The molecule has 0 fully saturated rings. The van der Waals surface area contributed by atoms with Gasteiger partial charge >= 0.3 is 0 Å². The molecular formula is C27H26N2O3. The summed E-state index contributed by atoms with van der Waals surface area (Å²) in [7, 11) is 3.25. The van der Waals surface area contributed by atoms with Crippen LogP contribution in [0.2, 0.25) is 0 Å². The molecule has 0 bridgehead atoms. The van der Waals surface area contributed by atoms with E-state index in [-0.39, 0.29) is 17.7 Å². The maximum atomic E-state index is 13.6. The van der Waals surface area contributed by atoms with Gasteiger partial charge in [-0.25, -0.2) is 0 Å². The van der Waals surface area contributed by atoms with Crippen LogP contribution in [-0.2, 0) is 4.79 Å². The van der Waals surface area contributed by atoms with Gasteiger partial charge in [-0.2, -0.15) is 0 Å². The standard InChI is InChI=1S/C27H26N2O3/c1-31-24-13-12-18(16-25(24)32-2)27-26-22(28-20-10-6-7-11-21(20)29-27)14-19(15-23(26)30)17-8-4-3-5-9-17/h3-13,16,19,27-29H,14-15H2,1-2H3/t19-,27-/m1/s1. The first-order chi connectivity index (χ1) is 15.7. The predicted molar refractivity (Wildman–Crippen MR) is 126 cm³/mol. The number of methoxy groups -OCH3 is 2. The Morgan fingerprint density at radius 3 is 2.25 bits per heavy atom. The molecule has 1 aliphatic heterocycles. The van der Waals surface area contributed by atoms with Gasteiger partial charge in [-0.05, 0) is 47.7 Å². The fourth-order valence-corrected chi connectivity index (χ4v) is 4.74. The van der Waals surface area contributed by atoms with E-state index in [0.29, 0.717) is 17.9 Å². The molecule has 0 radical (unpaired) electrons. The number of rotatable bonds is 4. The second-order valence-corrected chi connectivity index (χ2v) is 8.19. The van der Waals surface area contributed by atoms with Crippen LogP contribution in [0.25, 0.3) is 0 Å². The maximum absolute atomic E-state index is 13.6. The zero-order chi connectivity index (χ0) is 22.1. The van der Waals surface area contributed by atoms with E-state index >= 15 is 0 Å². The molecule has 3 aromatic carbocycles. The summed E-state index contributed by atoms with van der Waals surface area (Å²) in [5, 5.41) is 7.19. The molecule has 1 heterocycles. The van der Waals surface area contributed by atoms with Gasteiger partial charge < -0.3 is 20.1 Å². The molecule has 162 valence electrons. The maximum Gasteiger partial charge on any atom is 0.163 e. The second-order valence-electron chi connectivity index (χ2n) is 8.19.